The molecule has 1 aliphatic rings. The van der Waals surface area contributed by atoms with Gasteiger partial charge in [0, 0.05) is 18.0 Å². The Bertz CT molecular complexity index is 1140. The number of aromatic nitrogens is 1. The number of anilines is 1. The van der Waals surface area contributed by atoms with Crippen LogP contribution in [0.5, 0.6) is 11.5 Å². The number of Topliss-reactive ketones (excluding diaryl/α,β-unsaturated/α-hetero) is 1. The summed E-state index contributed by atoms with van der Waals surface area (Å²) in [4.78, 5) is 30.7. The number of ether oxygens (including phenoxy) is 2. The molecular weight excluding hydrogens is 416 g/mol. The first-order chi connectivity index (χ1) is 15.0. The molecule has 31 heavy (non-hydrogen) atoms. The molecule has 0 spiro atoms. The lowest BCUT2D eigenvalue weighted by Gasteiger charge is -2.18. The molecule has 4 rings (SSSR count). The highest BCUT2D eigenvalue weighted by atomic mass is 35.5. The number of hydrogen-bond acceptors (Lipinski definition) is 5. The molecule has 3 aromatic rings. The minimum Gasteiger partial charge on any atom is -0.493 e. The van der Waals surface area contributed by atoms with Gasteiger partial charge in [-0.2, -0.15) is 0 Å². The first-order valence-corrected chi connectivity index (χ1v) is 10.1. The fraction of sp³-hybridized carbons (Fsp3) is 0.208. The van der Waals surface area contributed by atoms with Crippen LogP contribution in [-0.2, 0) is 10.2 Å². The van der Waals surface area contributed by atoms with Crippen LogP contribution >= 0.6 is 11.6 Å². The maximum Gasteiger partial charge on any atom is 0.228 e. The highest BCUT2D eigenvalue weighted by Crippen LogP contribution is 2.57. The van der Waals surface area contributed by atoms with E-state index in [1.54, 1.807) is 30.5 Å². The van der Waals surface area contributed by atoms with Crippen molar-refractivity contribution < 1.29 is 19.1 Å². The second-order valence-electron chi connectivity index (χ2n) is 7.34. The summed E-state index contributed by atoms with van der Waals surface area (Å²) in [5.41, 5.74) is 0.772. The van der Waals surface area contributed by atoms with E-state index in [-0.39, 0.29) is 11.7 Å². The van der Waals surface area contributed by atoms with Crippen LogP contribution in [0.2, 0.25) is 5.02 Å². The molecule has 2 unspecified atom stereocenters. The predicted octanol–water partition coefficient (Wildman–Crippen LogP) is 4.53. The molecule has 2 aromatic carbocycles. The summed E-state index contributed by atoms with van der Waals surface area (Å²) < 4.78 is 10.6. The second kappa shape index (κ2) is 8.40. The standard InChI is InChI=1S/C24H21ClN2O4/c1-30-20-9-8-15(12-21(20)31-2)22(28)24(16-6-4-3-5-7-16)13-17(24)23(29)27-19-10-11-26-14-18(19)25/h3-12,14,17H,13H2,1-2H3,(H,26,27,29). The zero-order valence-corrected chi connectivity index (χ0v) is 17.8. The average Bonchev–Trinajstić information content (AvgIpc) is 3.57. The van der Waals surface area contributed by atoms with Crippen molar-refractivity contribution in [1.82, 2.24) is 4.98 Å². The topological polar surface area (TPSA) is 77.5 Å². The SMILES string of the molecule is COc1ccc(C(=O)C2(c3ccccc3)CC2C(=O)Nc2ccncc2Cl)cc1OC. The molecule has 0 bridgehead atoms. The number of rotatable bonds is 7. The molecule has 1 fully saturated rings. The van der Waals surface area contributed by atoms with Crippen molar-refractivity contribution in [1.29, 1.82) is 0 Å². The summed E-state index contributed by atoms with van der Waals surface area (Å²) in [5.74, 6) is 0.0677. The largest absolute Gasteiger partial charge is 0.493 e. The molecule has 0 saturated heterocycles. The number of methoxy groups -OCH3 is 2. The van der Waals surface area contributed by atoms with E-state index in [1.807, 2.05) is 30.3 Å². The summed E-state index contributed by atoms with van der Waals surface area (Å²) in [7, 11) is 3.06. The summed E-state index contributed by atoms with van der Waals surface area (Å²) in [6, 6.07) is 16.0. The average molecular weight is 437 g/mol. The van der Waals surface area contributed by atoms with Gasteiger partial charge >= 0.3 is 0 Å². The van der Waals surface area contributed by atoms with Crippen LogP contribution in [0.4, 0.5) is 5.69 Å². The van der Waals surface area contributed by atoms with Crippen molar-refractivity contribution in [3.63, 3.8) is 0 Å². The molecule has 1 saturated carbocycles. The molecule has 2 atom stereocenters. The van der Waals surface area contributed by atoms with Gasteiger partial charge in [-0.05, 0) is 36.2 Å². The highest BCUT2D eigenvalue weighted by Gasteiger charge is 2.64. The lowest BCUT2D eigenvalue weighted by molar-refractivity contribution is -0.117. The third-order valence-corrected chi connectivity index (χ3v) is 5.95. The van der Waals surface area contributed by atoms with Crippen molar-refractivity contribution in [2.75, 3.05) is 19.5 Å². The van der Waals surface area contributed by atoms with Gasteiger partial charge in [0.15, 0.2) is 17.3 Å². The first-order valence-electron chi connectivity index (χ1n) is 9.74. The number of halogens is 1. The van der Waals surface area contributed by atoms with Crippen LogP contribution in [0.1, 0.15) is 22.3 Å². The van der Waals surface area contributed by atoms with Gasteiger partial charge in [-0.15, -0.1) is 0 Å². The third-order valence-electron chi connectivity index (χ3n) is 5.65. The van der Waals surface area contributed by atoms with E-state index in [0.717, 1.165) is 5.56 Å². The Morgan fingerprint density at radius 3 is 2.48 bits per heavy atom. The Morgan fingerprint density at radius 2 is 1.81 bits per heavy atom. The molecule has 1 aromatic heterocycles. The molecule has 7 heteroatoms. The second-order valence-corrected chi connectivity index (χ2v) is 7.74. The maximum absolute atomic E-state index is 13.7. The van der Waals surface area contributed by atoms with Gasteiger partial charge in [-0.25, -0.2) is 0 Å². The number of hydrogen-bond donors (Lipinski definition) is 1. The maximum atomic E-state index is 13.7. The molecular formula is C24H21ClN2O4. The Kier molecular flexibility index (Phi) is 5.65. The number of carbonyl (C=O) groups is 2. The third kappa shape index (κ3) is 3.75. The number of nitrogens with one attached hydrogen (secondary N) is 1. The van der Waals surface area contributed by atoms with Crippen LogP contribution in [0, 0.1) is 5.92 Å². The van der Waals surface area contributed by atoms with Crippen molar-refractivity contribution in [3.05, 3.63) is 83.1 Å². The molecule has 1 heterocycles. The minimum atomic E-state index is -0.954. The van der Waals surface area contributed by atoms with Gasteiger partial charge in [-0.1, -0.05) is 41.9 Å². The normalized spacial score (nSPS) is 19.4. The van der Waals surface area contributed by atoms with Crippen molar-refractivity contribution in [2.45, 2.75) is 11.8 Å². The zero-order valence-electron chi connectivity index (χ0n) is 17.1. The molecule has 0 radical (unpaired) electrons. The molecule has 158 valence electrons. The van der Waals surface area contributed by atoms with Crippen LogP contribution in [0.25, 0.3) is 0 Å². The van der Waals surface area contributed by atoms with Crippen LogP contribution in [0.15, 0.2) is 67.0 Å². The quantitative estimate of drug-likeness (QED) is 0.550. The summed E-state index contributed by atoms with van der Waals surface area (Å²) >= 11 is 6.13. The highest BCUT2D eigenvalue weighted by molar-refractivity contribution is 6.33. The first kappa shape index (κ1) is 20.9. The Labute approximate surface area is 185 Å². The lowest BCUT2D eigenvalue weighted by Crippen LogP contribution is -2.28. The lowest BCUT2D eigenvalue weighted by atomic mass is 9.85. The van der Waals surface area contributed by atoms with E-state index < -0.39 is 11.3 Å². The number of nitrogens with zero attached hydrogens (tertiary/aromatic N) is 1. The van der Waals surface area contributed by atoms with E-state index in [9.17, 15) is 9.59 Å². The van der Waals surface area contributed by atoms with Gasteiger partial charge in [0.05, 0.1) is 36.3 Å². The van der Waals surface area contributed by atoms with Crippen LogP contribution in [0.3, 0.4) is 0 Å². The fourth-order valence-corrected chi connectivity index (χ4v) is 4.11. The number of carbonyl (C=O) groups excluding carboxylic acids is 2. The van der Waals surface area contributed by atoms with Crippen molar-refractivity contribution >= 4 is 29.0 Å². The van der Waals surface area contributed by atoms with Gasteiger partial charge in [0.1, 0.15) is 0 Å². The molecule has 0 aliphatic heterocycles. The van der Waals surface area contributed by atoms with Gasteiger partial charge in [0.2, 0.25) is 5.91 Å². The molecule has 1 amide bonds. The zero-order chi connectivity index (χ0) is 22.0. The Balaban J connectivity index is 1.69. The fourth-order valence-electron chi connectivity index (χ4n) is 3.95. The Morgan fingerprint density at radius 1 is 1.06 bits per heavy atom. The van der Waals surface area contributed by atoms with Crippen LogP contribution in [-0.4, -0.2) is 30.9 Å². The molecule has 1 aliphatic carbocycles. The summed E-state index contributed by atoms with van der Waals surface area (Å²) in [6.07, 6.45) is 3.41. The van der Waals surface area contributed by atoms with Gasteiger partial charge in [0.25, 0.3) is 0 Å². The van der Waals surface area contributed by atoms with E-state index in [1.165, 1.54) is 20.4 Å². The minimum absolute atomic E-state index is 0.138. The van der Waals surface area contributed by atoms with Gasteiger partial charge in [-0.3, -0.25) is 14.6 Å². The number of ketones is 1. The predicted molar refractivity (Wildman–Crippen MR) is 118 cm³/mol. The van der Waals surface area contributed by atoms with E-state index >= 15 is 0 Å². The van der Waals surface area contributed by atoms with Gasteiger partial charge < -0.3 is 14.8 Å². The summed E-state index contributed by atoms with van der Waals surface area (Å²) in [5, 5.41) is 3.18. The number of pyridine rings is 1. The molecule has 6 nitrogen and oxygen atoms in total. The van der Waals surface area contributed by atoms with E-state index in [2.05, 4.69) is 10.3 Å². The number of amides is 1. The smallest absolute Gasteiger partial charge is 0.228 e. The summed E-state index contributed by atoms with van der Waals surface area (Å²) in [6.45, 7) is 0. The Hall–Kier alpha value is -3.38. The molecule has 1 N–H and O–H groups in total. The van der Waals surface area contributed by atoms with E-state index in [0.29, 0.717) is 34.2 Å². The monoisotopic (exact) mass is 436 g/mol. The van der Waals surface area contributed by atoms with Crippen molar-refractivity contribution in [3.8, 4) is 11.5 Å². The number of benzene rings is 2. The van der Waals surface area contributed by atoms with E-state index in [4.69, 9.17) is 21.1 Å². The van der Waals surface area contributed by atoms with Crippen LogP contribution < -0.4 is 14.8 Å². The van der Waals surface area contributed by atoms with Crippen molar-refractivity contribution in [2.24, 2.45) is 5.92 Å².